The molecule has 4 rings (SSSR count). The van der Waals surface area contributed by atoms with E-state index in [1.807, 2.05) is 32.0 Å². The maximum Gasteiger partial charge on any atom is 0.170 e. The quantitative estimate of drug-likeness (QED) is 0.358. The van der Waals surface area contributed by atoms with Crippen LogP contribution in [0.5, 0.6) is 17.2 Å². The van der Waals surface area contributed by atoms with Gasteiger partial charge in [-0.1, -0.05) is 24.6 Å². The molecule has 1 aliphatic heterocycles. The van der Waals surface area contributed by atoms with Gasteiger partial charge >= 0.3 is 0 Å². The number of rotatable bonds is 9. The van der Waals surface area contributed by atoms with Crippen LogP contribution in [0, 0.1) is 5.82 Å². The Morgan fingerprint density at radius 3 is 2.62 bits per heavy atom. The summed E-state index contributed by atoms with van der Waals surface area (Å²) in [7, 11) is 1.58. The molecule has 1 aromatic heterocycles. The summed E-state index contributed by atoms with van der Waals surface area (Å²) in [5, 5.41) is 8.64. The highest BCUT2D eigenvalue weighted by Gasteiger charge is 2.27. The minimum Gasteiger partial charge on any atom is -0.493 e. The second-order valence-electron chi connectivity index (χ2n) is 8.49. The lowest BCUT2D eigenvalue weighted by molar-refractivity contribution is 0.0762. The van der Waals surface area contributed by atoms with Crippen LogP contribution in [0.3, 0.4) is 0 Å². The van der Waals surface area contributed by atoms with Gasteiger partial charge in [0.2, 0.25) is 0 Å². The first kappa shape index (κ1) is 26.3. The number of ether oxygens (including phenoxy) is 3. The molecule has 6 nitrogen and oxygen atoms in total. The summed E-state index contributed by atoms with van der Waals surface area (Å²) in [6.45, 7) is 8.52. The van der Waals surface area contributed by atoms with Crippen LogP contribution in [-0.4, -0.2) is 32.0 Å². The number of aryl methyl sites for hydroxylation is 1. The summed E-state index contributed by atoms with van der Waals surface area (Å²) >= 11 is 0. The third-order valence-electron chi connectivity index (χ3n) is 6.31. The van der Waals surface area contributed by atoms with Gasteiger partial charge in [0.15, 0.2) is 28.6 Å². The Bertz CT molecular complexity index is 1100. The maximum atomic E-state index is 15.3. The van der Waals surface area contributed by atoms with Crippen molar-refractivity contribution >= 4 is 23.4 Å². The van der Waals surface area contributed by atoms with E-state index in [1.165, 1.54) is 6.07 Å². The van der Waals surface area contributed by atoms with E-state index in [4.69, 9.17) is 18.7 Å². The monoisotopic (exact) mass is 492 g/mol. The number of benzene rings is 2. The van der Waals surface area contributed by atoms with Crippen molar-refractivity contribution in [2.75, 3.05) is 26.8 Å². The minimum absolute atomic E-state index is 0. The summed E-state index contributed by atoms with van der Waals surface area (Å²) in [6.07, 6.45) is 3.38. The fourth-order valence-corrected chi connectivity index (χ4v) is 4.61. The Morgan fingerprint density at radius 1 is 1.18 bits per heavy atom. The molecule has 0 radical (unpaired) electrons. The van der Waals surface area contributed by atoms with Gasteiger partial charge in [-0.3, -0.25) is 0 Å². The Hall–Kier alpha value is -2.35. The number of fused-ring (bicyclic) bond motifs is 1. The van der Waals surface area contributed by atoms with E-state index in [-0.39, 0.29) is 30.2 Å². The Labute approximate surface area is 206 Å². The minimum atomic E-state index is -0.465. The number of aromatic nitrogens is 1. The normalized spacial score (nSPS) is 15.2. The van der Waals surface area contributed by atoms with Crippen molar-refractivity contribution in [2.45, 2.75) is 58.5 Å². The number of methoxy groups -OCH3 is 1. The average molecular weight is 493 g/mol. The van der Waals surface area contributed by atoms with Crippen LogP contribution >= 0.6 is 12.4 Å². The molecule has 1 atom stereocenters. The molecule has 0 saturated carbocycles. The SMILES string of the molecule is CCCc1c(Oc2ccc(C(C)OCC)cc2OC)c(F)cc2onc(C3CCNCC3)c12.Cl. The maximum absolute atomic E-state index is 15.3. The molecule has 1 saturated heterocycles. The van der Waals surface area contributed by atoms with Crippen molar-refractivity contribution in [1.29, 1.82) is 0 Å². The van der Waals surface area contributed by atoms with Gasteiger partial charge in [0, 0.05) is 24.2 Å². The van der Waals surface area contributed by atoms with Crippen molar-refractivity contribution in [3.63, 3.8) is 0 Å². The van der Waals surface area contributed by atoms with E-state index in [2.05, 4.69) is 17.4 Å². The second kappa shape index (κ2) is 11.9. The van der Waals surface area contributed by atoms with Crippen LogP contribution in [0.4, 0.5) is 4.39 Å². The van der Waals surface area contributed by atoms with E-state index in [0.717, 1.165) is 54.6 Å². The van der Waals surface area contributed by atoms with Gasteiger partial charge < -0.3 is 24.1 Å². The summed E-state index contributed by atoms with van der Waals surface area (Å²) in [5.74, 6) is 1.03. The van der Waals surface area contributed by atoms with Crippen LogP contribution in [0.2, 0.25) is 0 Å². The molecule has 1 aliphatic rings. The largest absolute Gasteiger partial charge is 0.493 e. The van der Waals surface area contributed by atoms with Gasteiger partial charge in [-0.25, -0.2) is 4.39 Å². The second-order valence-corrected chi connectivity index (χ2v) is 8.49. The molecule has 3 aromatic rings. The molecule has 2 heterocycles. The molecule has 0 aliphatic carbocycles. The zero-order valence-corrected chi connectivity index (χ0v) is 21.1. The summed E-state index contributed by atoms with van der Waals surface area (Å²) in [4.78, 5) is 0. The predicted octanol–water partition coefficient (Wildman–Crippen LogP) is 6.71. The van der Waals surface area contributed by atoms with E-state index in [9.17, 15) is 0 Å². The lowest BCUT2D eigenvalue weighted by Crippen LogP contribution is -2.26. The molecular weight excluding hydrogens is 459 g/mol. The first-order valence-corrected chi connectivity index (χ1v) is 11.9. The third kappa shape index (κ3) is 5.32. The molecule has 1 unspecified atom stereocenters. The molecule has 34 heavy (non-hydrogen) atoms. The molecule has 0 spiro atoms. The van der Waals surface area contributed by atoms with Crippen molar-refractivity contribution < 1.29 is 23.1 Å². The third-order valence-corrected chi connectivity index (χ3v) is 6.31. The van der Waals surface area contributed by atoms with E-state index in [0.29, 0.717) is 30.1 Å². The van der Waals surface area contributed by atoms with Gasteiger partial charge in [-0.2, -0.15) is 0 Å². The summed E-state index contributed by atoms with van der Waals surface area (Å²) < 4.78 is 38.4. The Kier molecular flexibility index (Phi) is 9.17. The van der Waals surface area contributed by atoms with Gasteiger partial charge in [-0.05, 0) is 63.9 Å². The molecule has 1 N–H and O–H groups in total. The highest BCUT2D eigenvalue weighted by Crippen LogP contribution is 2.42. The van der Waals surface area contributed by atoms with Crippen LogP contribution in [0.1, 0.15) is 68.9 Å². The van der Waals surface area contributed by atoms with Crippen LogP contribution in [0.15, 0.2) is 28.8 Å². The zero-order chi connectivity index (χ0) is 23.4. The van der Waals surface area contributed by atoms with Gasteiger partial charge in [0.05, 0.1) is 24.3 Å². The molecule has 0 bridgehead atoms. The number of halogens is 2. The van der Waals surface area contributed by atoms with Gasteiger partial charge in [-0.15, -0.1) is 12.4 Å². The van der Waals surface area contributed by atoms with Crippen molar-refractivity contribution in [1.82, 2.24) is 10.5 Å². The zero-order valence-electron chi connectivity index (χ0n) is 20.3. The average Bonchev–Trinajstić information content (AvgIpc) is 3.25. The van der Waals surface area contributed by atoms with Gasteiger partial charge in [0.1, 0.15) is 0 Å². The molecule has 1 fully saturated rings. The number of nitrogens with one attached hydrogen (secondary N) is 1. The number of piperidine rings is 1. The number of hydrogen-bond acceptors (Lipinski definition) is 6. The van der Waals surface area contributed by atoms with E-state index >= 15 is 4.39 Å². The highest BCUT2D eigenvalue weighted by atomic mass is 35.5. The number of nitrogens with zero attached hydrogens (tertiary/aromatic N) is 1. The van der Waals surface area contributed by atoms with Crippen LogP contribution in [-0.2, 0) is 11.2 Å². The standard InChI is InChI=1S/C26H33FN2O4.ClH/c1-5-7-19-24-23(33-29-25(24)17-10-12-28-13-11-17)15-20(27)26(19)32-21-9-8-18(14-22(21)30-4)16(3)31-6-2;/h8-9,14-17,28H,5-7,10-13H2,1-4H3;1H. The fraction of sp³-hybridized carbons (Fsp3) is 0.500. The highest BCUT2D eigenvalue weighted by molar-refractivity contribution is 5.86. The topological polar surface area (TPSA) is 65.8 Å². The smallest absolute Gasteiger partial charge is 0.170 e. The van der Waals surface area contributed by atoms with Gasteiger partial charge in [0.25, 0.3) is 0 Å². The molecular formula is C26H34ClFN2O4. The molecule has 186 valence electrons. The van der Waals surface area contributed by atoms with Crippen molar-refractivity contribution in [3.05, 3.63) is 46.9 Å². The fourth-order valence-electron chi connectivity index (χ4n) is 4.61. The first-order valence-electron chi connectivity index (χ1n) is 11.9. The summed E-state index contributed by atoms with van der Waals surface area (Å²) in [5.41, 5.74) is 3.16. The Morgan fingerprint density at radius 2 is 1.94 bits per heavy atom. The lowest BCUT2D eigenvalue weighted by Gasteiger charge is -2.22. The predicted molar refractivity (Wildman–Crippen MR) is 133 cm³/mol. The molecule has 2 aromatic carbocycles. The first-order chi connectivity index (χ1) is 16.1. The van der Waals surface area contributed by atoms with Crippen LogP contribution < -0.4 is 14.8 Å². The van der Waals surface area contributed by atoms with E-state index in [1.54, 1.807) is 7.11 Å². The Balaban J connectivity index is 0.00000324. The van der Waals surface area contributed by atoms with Crippen molar-refractivity contribution in [3.8, 4) is 17.2 Å². The van der Waals surface area contributed by atoms with E-state index < -0.39 is 5.82 Å². The summed E-state index contributed by atoms with van der Waals surface area (Å²) in [6, 6.07) is 7.00. The molecule has 0 amide bonds. The van der Waals surface area contributed by atoms with Crippen LogP contribution in [0.25, 0.3) is 11.0 Å². The van der Waals surface area contributed by atoms with Crippen molar-refractivity contribution in [2.24, 2.45) is 0 Å². The molecule has 8 heteroatoms. The number of hydrogen-bond donors (Lipinski definition) is 1. The lowest BCUT2D eigenvalue weighted by atomic mass is 9.90.